The fourth-order valence-electron chi connectivity index (χ4n) is 2.85. The first-order chi connectivity index (χ1) is 11.2. The summed E-state index contributed by atoms with van der Waals surface area (Å²) in [6.07, 6.45) is 6.27. The fourth-order valence-corrected chi connectivity index (χ4v) is 3.63. The minimum absolute atomic E-state index is 0.611. The predicted octanol–water partition coefficient (Wildman–Crippen LogP) is 2.36. The van der Waals surface area contributed by atoms with Gasteiger partial charge in [0, 0.05) is 63.6 Å². The molecule has 1 aliphatic heterocycles. The van der Waals surface area contributed by atoms with Gasteiger partial charge in [-0.25, -0.2) is 4.98 Å². The molecular weight excluding hydrogens is 306 g/mol. The standard InChI is InChI=1S/C17H25N5S/c1-21(2)17-20-12-16(23-17)11-19-14-6-9-22(10-7-14)13-15-5-3-4-8-18-15/h3-5,8,12,14,19H,6-7,9-11,13H2,1-2H3. The predicted molar refractivity (Wildman–Crippen MR) is 95.8 cm³/mol. The summed E-state index contributed by atoms with van der Waals surface area (Å²) in [4.78, 5) is 14.7. The lowest BCUT2D eigenvalue weighted by Crippen LogP contribution is -2.41. The van der Waals surface area contributed by atoms with Gasteiger partial charge in [-0.15, -0.1) is 11.3 Å². The zero-order valence-corrected chi connectivity index (χ0v) is 14.7. The Balaban J connectivity index is 1.40. The van der Waals surface area contributed by atoms with Crippen molar-refractivity contribution in [3.63, 3.8) is 0 Å². The van der Waals surface area contributed by atoms with Crippen LogP contribution in [0.2, 0.25) is 0 Å². The van der Waals surface area contributed by atoms with Gasteiger partial charge in [-0.1, -0.05) is 6.07 Å². The second kappa shape index (κ2) is 7.86. The van der Waals surface area contributed by atoms with E-state index in [0.29, 0.717) is 6.04 Å². The van der Waals surface area contributed by atoms with Crippen LogP contribution >= 0.6 is 11.3 Å². The Labute approximate surface area is 142 Å². The monoisotopic (exact) mass is 331 g/mol. The number of nitrogens with one attached hydrogen (secondary N) is 1. The van der Waals surface area contributed by atoms with Gasteiger partial charge < -0.3 is 10.2 Å². The maximum atomic E-state index is 4.43. The topological polar surface area (TPSA) is 44.3 Å². The molecule has 0 bridgehead atoms. The molecule has 1 aliphatic rings. The quantitative estimate of drug-likeness (QED) is 0.880. The van der Waals surface area contributed by atoms with E-state index >= 15 is 0 Å². The highest BCUT2D eigenvalue weighted by molar-refractivity contribution is 7.15. The zero-order chi connectivity index (χ0) is 16.1. The van der Waals surface area contributed by atoms with Crippen LogP contribution < -0.4 is 10.2 Å². The number of likely N-dealkylation sites (tertiary alicyclic amines) is 1. The molecule has 1 saturated heterocycles. The average molecular weight is 331 g/mol. The van der Waals surface area contributed by atoms with Gasteiger partial charge >= 0.3 is 0 Å². The highest BCUT2D eigenvalue weighted by atomic mass is 32.1. The van der Waals surface area contributed by atoms with E-state index in [1.165, 1.54) is 23.4 Å². The van der Waals surface area contributed by atoms with Gasteiger partial charge in [0.25, 0.3) is 0 Å². The van der Waals surface area contributed by atoms with Crippen LogP contribution in [0.15, 0.2) is 30.6 Å². The van der Waals surface area contributed by atoms with Crippen LogP contribution in [-0.4, -0.2) is 48.1 Å². The van der Waals surface area contributed by atoms with Crippen LogP contribution in [-0.2, 0) is 13.1 Å². The molecule has 3 rings (SSSR count). The van der Waals surface area contributed by atoms with Crippen LogP contribution in [0.1, 0.15) is 23.4 Å². The van der Waals surface area contributed by atoms with E-state index < -0.39 is 0 Å². The Bertz CT molecular complexity index is 590. The van der Waals surface area contributed by atoms with E-state index in [9.17, 15) is 0 Å². The fraction of sp³-hybridized carbons (Fsp3) is 0.529. The van der Waals surface area contributed by atoms with E-state index in [-0.39, 0.29) is 0 Å². The van der Waals surface area contributed by atoms with Crippen LogP contribution in [0.25, 0.3) is 0 Å². The third kappa shape index (κ3) is 4.73. The summed E-state index contributed by atoms with van der Waals surface area (Å²) in [7, 11) is 4.07. The maximum absolute atomic E-state index is 4.43. The SMILES string of the molecule is CN(C)c1ncc(CNC2CCN(Cc3ccccn3)CC2)s1. The molecule has 5 nitrogen and oxygen atoms in total. The number of anilines is 1. The Kier molecular flexibility index (Phi) is 5.59. The first-order valence-corrected chi connectivity index (χ1v) is 9.00. The lowest BCUT2D eigenvalue weighted by atomic mass is 10.0. The summed E-state index contributed by atoms with van der Waals surface area (Å²) in [5.74, 6) is 0. The largest absolute Gasteiger partial charge is 0.354 e. The lowest BCUT2D eigenvalue weighted by Gasteiger charge is -2.32. The maximum Gasteiger partial charge on any atom is 0.185 e. The van der Waals surface area contributed by atoms with E-state index in [2.05, 4.69) is 37.2 Å². The van der Waals surface area contributed by atoms with Crippen molar-refractivity contribution in [2.24, 2.45) is 0 Å². The Morgan fingerprint density at radius 1 is 1.26 bits per heavy atom. The first-order valence-electron chi connectivity index (χ1n) is 8.18. The zero-order valence-electron chi connectivity index (χ0n) is 13.9. The molecule has 0 radical (unpaired) electrons. The van der Waals surface area contributed by atoms with Gasteiger partial charge in [-0.2, -0.15) is 0 Å². The molecule has 124 valence electrons. The summed E-state index contributed by atoms with van der Waals surface area (Å²) in [5.41, 5.74) is 1.17. The third-order valence-corrected chi connectivity index (χ3v) is 5.35. The Morgan fingerprint density at radius 3 is 2.74 bits per heavy atom. The number of pyridine rings is 1. The van der Waals surface area contributed by atoms with Crippen molar-refractivity contribution >= 4 is 16.5 Å². The molecule has 0 spiro atoms. The van der Waals surface area contributed by atoms with Crippen molar-refractivity contribution in [1.29, 1.82) is 0 Å². The highest BCUT2D eigenvalue weighted by Crippen LogP contribution is 2.21. The molecule has 3 heterocycles. The molecule has 1 N–H and O–H groups in total. The van der Waals surface area contributed by atoms with E-state index in [0.717, 1.165) is 31.3 Å². The molecule has 6 heteroatoms. The van der Waals surface area contributed by atoms with Crippen LogP contribution in [0.5, 0.6) is 0 Å². The molecule has 2 aromatic rings. The summed E-state index contributed by atoms with van der Waals surface area (Å²) in [6, 6.07) is 6.75. The van der Waals surface area contributed by atoms with E-state index in [1.54, 1.807) is 11.3 Å². The minimum atomic E-state index is 0.611. The highest BCUT2D eigenvalue weighted by Gasteiger charge is 2.19. The number of hydrogen-bond donors (Lipinski definition) is 1. The number of rotatable bonds is 6. The smallest absolute Gasteiger partial charge is 0.185 e. The van der Waals surface area contributed by atoms with Gasteiger partial charge in [0.1, 0.15) is 0 Å². The Morgan fingerprint density at radius 2 is 2.09 bits per heavy atom. The molecule has 0 aromatic carbocycles. The van der Waals surface area contributed by atoms with Gasteiger partial charge in [0.2, 0.25) is 0 Å². The molecule has 0 aliphatic carbocycles. The van der Waals surface area contributed by atoms with Crippen LogP contribution in [0, 0.1) is 0 Å². The number of aromatic nitrogens is 2. The molecular formula is C17H25N5S. The molecule has 0 unspecified atom stereocenters. The van der Waals surface area contributed by atoms with Gasteiger partial charge in [-0.3, -0.25) is 9.88 Å². The van der Waals surface area contributed by atoms with Crippen molar-refractivity contribution in [3.8, 4) is 0 Å². The van der Waals surface area contributed by atoms with Crippen LogP contribution in [0.3, 0.4) is 0 Å². The molecule has 0 saturated carbocycles. The third-order valence-electron chi connectivity index (χ3n) is 4.19. The van der Waals surface area contributed by atoms with Crippen molar-refractivity contribution in [3.05, 3.63) is 41.2 Å². The molecule has 0 amide bonds. The van der Waals surface area contributed by atoms with Gasteiger partial charge in [0.05, 0.1) is 5.69 Å². The van der Waals surface area contributed by atoms with Crippen molar-refractivity contribution < 1.29 is 0 Å². The van der Waals surface area contributed by atoms with Gasteiger partial charge in [0.15, 0.2) is 5.13 Å². The molecule has 1 fully saturated rings. The van der Waals surface area contributed by atoms with Crippen molar-refractivity contribution in [1.82, 2.24) is 20.2 Å². The summed E-state index contributed by atoms with van der Waals surface area (Å²) < 4.78 is 0. The van der Waals surface area contributed by atoms with Crippen molar-refractivity contribution in [2.45, 2.75) is 32.0 Å². The molecule has 0 atom stereocenters. The first kappa shape index (κ1) is 16.4. The molecule has 2 aromatic heterocycles. The number of piperidine rings is 1. The van der Waals surface area contributed by atoms with E-state index in [4.69, 9.17) is 0 Å². The number of thiazole rings is 1. The summed E-state index contributed by atoms with van der Waals surface area (Å²) >= 11 is 1.77. The van der Waals surface area contributed by atoms with Crippen molar-refractivity contribution in [2.75, 3.05) is 32.1 Å². The second-order valence-corrected chi connectivity index (χ2v) is 7.35. The number of nitrogens with zero attached hydrogens (tertiary/aromatic N) is 4. The lowest BCUT2D eigenvalue weighted by molar-refractivity contribution is 0.188. The second-order valence-electron chi connectivity index (χ2n) is 6.26. The summed E-state index contributed by atoms with van der Waals surface area (Å²) in [5, 5.41) is 4.76. The molecule has 23 heavy (non-hydrogen) atoms. The van der Waals surface area contributed by atoms with E-state index in [1.807, 2.05) is 32.6 Å². The van der Waals surface area contributed by atoms with Crippen LogP contribution in [0.4, 0.5) is 5.13 Å². The van der Waals surface area contributed by atoms with Gasteiger partial charge in [-0.05, 0) is 25.0 Å². The Hall–Kier alpha value is -1.50. The normalized spacial score (nSPS) is 16.6. The average Bonchev–Trinajstić information content (AvgIpc) is 3.04. The minimum Gasteiger partial charge on any atom is -0.354 e. The number of hydrogen-bond acceptors (Lipinski definition) is 6. The summed E-state index contributed by atoms with van der Waals surface area (Å²) in [6.45, 7) is 4.17.